The molecule has 96 valence electrons. The monoisotopic (exact) mass is 282 g/mol. The van der Waals surface area contributed by atoms with E-state index in [2.05, 4.69) is 5.32 Å². The van der Waals surface area contributed by atoms with Crippen LogP contribution in [0.1, 0.15) is 6.92 Å². The van der Waals surface area contributed by atoms with Gasteiger partial charge >= 0.3 is 6.09 Å². The number of nitrogens with one attached hydrogen (secondary N) is 1. The van der Waals surface area contributed by atoms with E-state index in [0.29, 0.717) is 19.7 Å². The molecule has 0 atom stereocenters. The Labute approximate surface area is 114 Å². The van der Waals surface area contributed by atoms with Crippen LogP contribution in [0.15, 0.2) is 24.3 Å². The van der Waals surface area contributed by atoms with Crippen molar-refractivity contribution in [1.82, 2.24) is 9.27 Å². The van der Waals surface area contributed by atoms with Crippen LogP contribution in [0.4, 0.5) is 4.79 Å². The number of benzene rings is 1. The molecule has 6 heteroatoms. The topological polar surface area (TPSA) is 43.3 Å². The van der Waals surface area contributed by atoms with Crippen molar-refractivity contribution in [2.75, 3.05) is 13.2 Å². The third-order valence-electron chi connectivity index (χ3n) is 2.40. The molecule has 1 N–H and O–H groups in total. The molecule has 4 nitrogen and oxygen atoms in total. The fourth-order valence-electron chi connectivity index (χ4n) is 1.58. The molecule has 0 saturated carbocycles. The van der Waals surface area contributed by atoms with Gasteiger partial charge < -0.3 is 10.1 Å². The smallest absolute Gasteiger partial charge is 0.407 e. The van der Waals surface area contributed by atoms with Crippen molar-refractivity contribution < 1.29 is 9.53 Å². The van der Waals surface area contributed by atoms with Crippen LogP contribution in [0.25, 0.3) is 10.1 Å². The van der Waals surface area contributed by atoms with Gasteiger partial charge in [0.2, 0.25) is 0 Å². The maximum atomic E-state index is 11.1. The molecule has 1 amide bonds. The van der Waals surface area contributed by atoms with Crippen molar-refractivity contribution >= 4 is 39.9 Å². The van der Waals surface area contributed by atoms with Gasteiger partial charge in [-0.1, -0.05) is 41.9 Å². The average Bonchev–Trinajstić information content (AvgIpc) is 2.68. The SMILES string of the molecule is CCNC(=O)OCCn1sc2ccccc2c1=S. The van der Waals surface area contributed by atoms with E-state index in [1.54, 1.807) is 11.5 Å². The van der Waals surface area contributed by atoms with Crippen molar-refractivity contribution in [1.29, 1.82) is 0 Å². The minimum atomic E-state index is -0.384. The van der Waals surface area contributed by atoms with Crippen molar-refractivity contribution in [2.24, 2.45) is 0 Å². The largest absolute Gasteiger partial charge is 0.448 e. The molecule has 0 bridgehead atoms. The predicted molar refractivity (Wildman–Crippen MR) is 75.7 cm³/mol. The second-order valence-corrected chi connectivity index (χ2v) is 5.11. The standard InChI is InChI=1S/C12H14N2O2S2/c1-2-13-12(15)16-8-7-14-11(17)9-5-3-4-6-10(9)18-14/h3-6H,2,7-8H2,1H3,(H,13,15). The van der Waals surface area contributed by atoms with Crippen molar-refractivity contribution in [3.8, 4) is 0 Å². The Bertz CT molecular complexity index is 603. The first-order valence-corrected chi connectivity index (χ1v) is 6.90. The summed E-state index contributed by atoms with van der Waals surface area (Å²) < 4.78 is 8.95. The van der Waals surface area contributed by atoms with Crippen molar-refractivity contribution in [3.63, 3.8) is 0 Å². The van der Waals surface area contributed by atoms with Crippen LogP contribution in [0, 0.1) is 4.64 Å². The van der Waals surface area contributed by atoms with Crippen LogP contribution in [0.2, 0.25) is 0 Å². The van der Waals surface area contributed by atoms with Gasteiger partial charge in [0.05, 0.1) is 11.2 Å². The lowest BCUT2D eigenvalue weighted by Crippen LogP contribution is -2.24. The lowest BCUT2D eigenvalue weighted by molar-refractivity contribution is 0.143. The molecule has 0 aliphatic heterocycles. The Morgan fingerprint density at radius 1 is 1.50 bits per heavy atom. The third-order valence-corrected chi connectivity index (χ3v) is 4.10. The van der Waals surface area contributed by atoms with Gasteiger partial charge in [0.1, 0.15) is 11.2 Å². The van der Waals surface area contributed by atoms with Gasteiger partial charge in [-0.2, -0.15) is 0 Å². The minimum absolute atomic E-state index is 0.326. The molecule has 1 aromatic carbocycles. The number of hydrogen-bond acceptors (Lipinski definition) is 4. The van der Waals surface area contributed by atoms with Crippen LogP contribution in [0.3, 0.4) is 0 Å². The predicted octanol–water partition coefficient (Wildman–Crippen LogP) is 3.18. The van der Waals surface area contributed by atoms with Crippen LogP contribution in [-0.4, -0.2) is 23.2 Å². The molecular weight excluding hydrogens is 268 g/mol. The normalized spacial score (nSPS) is 10.5. The van der Waals surface area contributed by atoms with Crippen LogP contribution >= 0.6 is 23.8 Å². The number of nitrogens with zero attached hydrogens (tertiary/aromatic N) is 1. The molecule has 1 heterocycles. The third kappa shape index (κ3) is 2.88. The van der Waals surface area contributed by atoms with E-state index < -0.39 is 0 Å². The van der Waals surface area contributed by atoms with Gasteiger partial charge in [-0.3, -0.25) is 3.96 Å². The molecule has 18 heavy (non-hydrogen) atoms. The zero-order valence-corrected chi connectivity index (χ0v) is 11.6. The summed E-state index contributed by atoms with van der Waals surface area (Å²) in [6.45, 7) is 3.34. The Morgan fingerprint density at radius 2 is 2.28 bits per heavy atom. The fourth-order valence-corrected chi connectivity index (χ4v) is 3.01. The molecule has 0 spiro atoms. The highest BCUT2D eigenvalue weighted by atomic mass is 32.1. The first kappa shape index (κ1) is 13.0. The molecule has 2 rings (SSSR count). The van der Waals surface area contributed by atoms with E-state index in [-0.39, 0.29) is 6.09 Å². The van der Waals surface area contributed by atoms with Gasteiger partial charge in [0, 0.05) is 11.9 Å². The minimum Gasteiger partial charge on any atom is -0.448 e. The summed E-state index contributed by atoms with van der Waals surface area (Å²) in [4.78, 5) is 11.1. The average molecular weight is 282 g/mol. The van der Waals surface area contributed by atoms with Gasteiger partial charge in [-0.25, -0.2) is 4.79 Å². The number of alkyl carbamates (subject to hydrolysis) is 1. The van der Waals surface area contributed by atoms with Gasteiger partial charge in [-0.15, -0.1) is 0 Å². The molecule has 0 aliphatic carbocycles. The summed E-state index contributed by atoms with van der Waals surface area (Å²) >= 11 is 6.96. The van der Waals surface area contributed by atoms with Gasteiger partial charge in [0.25, 0.3) is 0 Å². The molecular formula is C12H14N2O2S2. The van der Waals surface area contributed by atoms with E-state index in [1.165, 1.54) is 0 Å². The maximum Gasteiger partial charge on any atom is 0.407 e. The summed E-state index contributed by atoms with van der Waals surface area (Å²) in [6, 6.07) is 8.01. The van der Waals surface area contributed by atoms with Crippen molar-refractivity contribution in [3.05, 3.63) is 28.9 Å². The van der Waals surface area contributed by atoms with E-state index in [1.807, 2.05) is 35.1 Å². The molecule has 0 aliphatic rings. The Hall–Kier alpha value is -1.40. The van der Waals surface area contributed by atoms with Crippen LogP contribution < -0.4 is 5.32 Å². The van der Waals surface area contributed by atoms with Gasteiger partial charge in [0.15, 0.2) is 0 Å². The molecule has 2 aromatic rings. The summed E-state index contributed by atoms with van der Waals surface area (Å²) in [6.07, 6.45) is -0.384. The van der Waals surface area contributed by atoms with Crippen LogP contribution in [0.5, 0.6) is 0 Å². The highest BCUT2D eigenvalue weighted by Crippen LogP contribution is 2.22. The lowest BCUT2D eigenvalue weighted by atomic mass is 10.3. The molecule has 0 unspecified atom stereocenters. The summed E-state index contributed by atoms with van der Waals surface area (Å²) in [5.74, 6) is 0. The molecule has 0 saturated heterocycles. The lowest BCUT2D eigenvalue weighted by Gasteiger charge is -2.05. The maximum absolute atomic E-state index is 11.1. The molecule has 0 radical (unpaired) electrons. The Balaban J connectivity index is 2.02. The second-order valence-electron chi connectivity index (χ2n) is 3.66. The summed E-state index contributed by atoms with van der Waals surface area (Å²) in [5, 5.41) is 3.66. The molecule has 1 aromatic heterocycles. The van der Waals surface area contributed by atoms with E-state index in [0.717, 1.165) is 14.7 Å². The number of aromatic nitrogens is 1. The number of fused-ring (bicyclic) bond motifs is 1. The van der Waals surface area contributed by atoms with Gasteiger partial charge in [-0.05, 0) is 13.0 Å². The van der Waals surface area contributed by atoms with E-state index in [4.69, 9.17) is 17.0 Å². The van der Waals surface area contributed by atoms with Crippen LogP contribution in [-0.2, 0) is 11.3 Å². The summed E-state index contributed by atoms with van der Waals surface area (Å²) in [5.41, 5.74) is 0. The first-order chi connectivity index (χ1) is 8.72. The molecule has 0 fully saturated rings. The number of hydrogen-bond donors (Lipinski definition) is 1. The quantitative estimate of drug-likeness (QED) is 0.876. The number of amides is 1. The number of ether oxygens (including phenoxy) is 1. The highest BCUT2D eigenvalue weighted by Gasteiger charge is 2.04. The van der Waals surface area contributed by atoms with E-state index in [9.17, 15) is 4.79 Å². The summed E-state index contributed by atoms with van der Waals surface area (Å²) in [7, 11) is 0. The Morgan fingerprint density at radius 3 is 3.00 bits per heavy atom. The van der Waals surface area contributed by atoms with Crippen molar-refractivity contribution in [2.45, 2.75) is 13.5 Å². The fraction of sp³-hybridized carbons (Fsp3) is 0.333. The highest BCUT2D eigenvalue weighted by molar-refractivity contribution is 7.71. The Kier molecular flexibility index (Phi) is 4.33. The zero-order chi connectivity index (χ0) is 13.0. The van der Waals surface area contributed by atoms with E-state index >= 15 is 0 Å². The number of carbonyl (C=O) groups is 1. The first-order valence-electron chi connectivity index (χ1n) is 5.72. The zero-order valence-electron chi connectivity index (χ0n) is 10.0. The number of carbonyl (C=O) groups excluding carboxylic acids is 1. The number of rotatable bonds is 4. The second kappa shape index (κ2) is 5.97.